The minimum atomic E-state index is -1.92. The number of benzene rings is 1. The van der Waals surface area contributed by atoms with Crippen molar-refractivity contribution >= 4 is 17.6 Å². The topological polar surface area (TPSA) is 148 Å². The van der Waals surface area contributed by atoms with Gasteiger partial charge in [-0.25, -0.2) is 0 Å². The number of methoxy groups -OCH3 is 1. The summed E-state index contributed by atoms with van der Waals surface area (Å²) in [6, 6.07) is 9.97. The lowest BCUT2D eigenvalue weighted by Gasteiger charge is -2.34. The van der Waals surface area contributed by atoms with Crippen LogP contribution in [-0.4, -0.2) is 41.8 Å². The fourth-order valence-electron chi connectivity index (χ4n) is 4.47. The van der Waals surface area contributed by atoms with Gasteiger partial charge in [-0.05, 0) is 13.0 Å². The van der Waals surface area contributed by atoms with Crippen LogP contribution in [0.3, 0.4) is 0 Å². The number of ether oxygens (including phenoxy) is 2. The third kappa shape index (κ3) is 2.72. The van der Waals surface area contributed by atoms with Gasteiger partial charge >= 0.3 is 5.97 Å². The molecule has 1 atom stereocenters. The Hall–Kier alpha value is -4.10. The van der Waals surface area contributed by atoms with Crippen molar-refractivity contribution in [2.45, 2.75) is 18.9 Å². The molecule has 32 heavy (non-hydrogen) atoms. The molecule has 0 radical (unpaired) electrons. The molecule has 0 aliphatic carbocycles. The summed E-state index contributed by atoms with van der Waals surface area (Å²) in [6.45, 7) is 1.51. The Labute approximate surface area is 182 Å². The molecule has 1 aromatic heterocycles. The first-order valence-electron chi connectivity index (χ1n) is 9.74. The maximum atomic E-state index is 13.9. The van der Waals surface area contributed by atoms with E-state index in [-0.39, 0.29) is 41.6 Å². The van der Waals surface area contributed by atoms with Crippen molar-refractivity contribution in [3.05, 3.63) is 69.0 Å². The summed E-state index contributed by atoms with van der Waals surface area (Å²) in [4.78, 5) is 40.2. The minimum absolute atomic E-state index is 0.0537. The van der Waals surface area contributed by atoms with Gasteiger partial charge in [-0.3, -0.25) is 19.3 Å². The number of nitrogens with zero attached hydrogens (tertiary/aromatic N) is 3. The van der Waals surface area contributed by atoms with Crippen molar-refractivity contribution in [2.75, 3.05) is 25.2 Å². The van der Waals surface area contributed by atoms with E-state index in [0.717, 1.165) is 4.90 Å². The maximum Gasteiger partial charge on any atom is 0.323 e. The summed E-state index contributed by atoms with van der Waals surface area (Å²) < 4.78 is 12.2. The second-order valence-corrected chi connectivity index (χ2v) is 7.48. The Bertz CT molecular complexity index is 1290. The first-order valence-corrected chi connectivity index (χ1v) is 9.74. The van der Waals surface area contributed by atoms with Crippen LogP contribution in [0.5, 0.6) is 5.75 Å². The molecular formula is C22H20N4O6. The highest BCUT2D eigenvalue weighted by Gasteiger charge is 2.61. The zero-order valence-corrected chi connectivity index (χ0v) is 17.4. The molecule has 2 aromatic rings. The highest BCUT2D eigenvalue weighted by Crippen LogP contribution is 2.54. The zero-order valence-electron chi connectivity index (χ0n) is 17.4. The van der Waals surface area contributed by atoms with Crippen LogP contribution in [0.1, 0.15) is 16.8 Å². The molecule has 0 bridgehead atoms. The number of rotatable bonds is 5. The summed E-state index contributed by atoms with van der Waals surface area (Å²) in [7, 11) is 1.50. The van der Waals surface area contributed by atoms with E-state index in [0.29, 0.717) is 11.3 Å². The van der Waals surface area contributed by atoms with Crippen molar-refractivity contribution in [1.82, 2.24) is 4.57 Å². The quantitative estimate of drug-likeness (QED) is 0.693. The van der Waals surface area contributed by atoms with E-state index < -0.39 is 29.4 Å². The van der Waals surface area contributed by atoms with Crippen molar-refractivity contribution in [2.24, 2.45) is 5.73 Å². The highest BCUT2D eigenvalue weighted by atomic mass is 16.5. The van der Waals surface area contributed by atoms with Gasteiger partial charge < -0.3 is 24.9 Å². The van der Waals surface area contributed by atoms with E-state index in [2.05, 4.69) is 0 Å². The number of amides is 1. The molecule has 0 fully saturated rings. The lowest BCUT2D eigenvalue weighted by Crippen LogP contribution is -2.50. The Morgan fingerprint density at radius 2 is 2.06 bits per heavy atom. The Morgan fingerprint density at radius 3 is 2.72 bits per heavy atom. The van der Waals surface area contributed by atoms with Gasteiger partial charge in [-0.2, -0.15) is 5.26 Å². The Morgan fingerprint density at radius 1 is 1.34 bits per heavy atom. The molecule has 1 aromatic carbocycles. The predicted octanol–water partition coefficient (Wildman–Crippen LogP) is 0.607. The number of carboxylic acids is 1. The molecule has 164 valence electrons. The van der Waals surface area contributed by atoms with Crippen LogP contribution in [0.4, 0.5) is 5.69 Å². The minimum Gasteiger partial charge on any atom is -0.480 e. The summed E-state index contributed by atoms with van der Waals surface area (Å²) in [6.07, 6.45) is 0. The Balaban J connectivity index is 2.13. The number of carbonyl (C=O) groups is 2. The fourth-order valence-corrected chi connectivity index (χ4v) is 4.47. The van der Waals surface area contributed by atoms with E-state index in [1.807, 2.05) is 6.07 Å². The molecule has 2 aliphatic heterocycles. The van der Waals surface area contributed by atoms with Gasteiger partial charge in [0.05, 0.1) is 12.2 Å². The van der Waals surface area contributed by atoms with Crippen LogP contribution in [0.25, 0.3) is 0 Å². The fraction of sp³-hybridized carbons (Fsp3) is 0.273. The number of aliphatic carboxylic acids is 1. The van der Waals surface area contributed by atoms with Crippen LogP contribution in [0.15, 0.2) is 46.6 Å². The molecule has 2 aliphatic rings. The molecule has 10 heteroatoms. The molecule has 10 nitrogen and oxygen atoms in total. The third-order valence-electron chi connectivity index (χ3n) is 5.78. The second-order valence-electron chi connectivity index (χ2n) is 7.48. The number of pyridine rings is 1. The number of fused-ring (bicyclic) bond motifs is 4. The number of carbonyl (C=O) groups excluding carboxylic acids is 1. The molecule has 0 saturated heterocycles. The number of aryl methyl sites for hydroxylation is 1. The molecule has 1 unspecified atom stereocenters. The molecule has 1 spiro atoms. The van der Waals surface area contributed by atoms with E-state index in [1.165, 1.54) is 11.7 Å². The van der Waals surface area contributed by atoms with Crippen LogP contribution in [0.2, 0.25) is 0 Å². The molecule has 1 amide bonds. The molecule has 0 saturated carbocycles. The summed E-state index contributed by atoms with van der Waals surface area (Å²) >= 11 is 0. The smallest absolute Gasteiger partial charge is 0.323 e. The summed E-state index contributed by atoms with van der Waals surface area (Å²) in [5, 5.41) is 19.4. The lowest BCUT2D eigenvalue weighted by molar-refractivity contribution is -0.136. The van der Waals surface area contributed by atoms with Crippen LogP contribution in [-0.2, 0) is 26.3 Å². The van der Waals surface area contributed by atoms with Gasteiger partial charge in [0.1, 0.15) is 23.9 Å². The number of aromatic nitrogens is 1. The summed E-state index contributed by atoms with van der Waals surface area (Å²) in [5.74, 6) is -2.24. The monoisotopic (exact) mass is 436 g/mol. The van der Waals surface area contributed by atoms with E-state index in [4.69, 9.17) is 15.2 Å². The van der Waals surface area contributed by atoms with E-state index in [9.17, 15) is 24.8 Å². The number of hydrogen-bond acceptors (Lipinski definition) is 7. The molecule has 4 rings (SSSR count). The number of para-hydroxylation sites is 1. The van der Waals surface area contributed by atoms with Crippen molar-refractivity contribution in [3.8, 4) is 11.8 Å². The van der Waals surface area contributed by atoms with Gasteiger partial charge in [0, 0.05) is 36.7 Å². The van der Waals surface area contributed by atoms with Crippen molar-refractivity contribution in [1.29, 1.82) is 5.26 Å². The molecule has 3 heterocycles. The van der Waals surface area contributed by atoms with E-state index >= 15 is 0 Å². The molecule has 3 N–H and O–H groups in total. The van der Waals surface area contributed by atoms with Crippen LogP contribution in [0, 0.1) is 18.3 Å². The molecular weight excluding hydrogens is 416 g/mol. The third-order valence-corrected chi connectivity index (χ3v) is 5.78. The van der Waals surface area contributed by atoms with Gasteiger partial charge in [0.25, 0.3) is 5.56 Å². The first kappa shape index (κ1) is 21.1. The van der Waals surface area contributed by atoms with Crippen molar-refractivity contribution in [3.63, 3.8) is 0 Å². The van der Waals surface area contributed by atoms with Gasteiger partial charge in [0.15, 0.2) is 5.41 Å². The second kappa shape index (κ2) is 7.55. The zero-order chi connectivity index (χ0) is 23.2. The average Bonchev–Trinajstić information content (AvgIpc) is 2.97. The largest absolute Gasteiger partial charge is 0.480 e. The van der Waals surface area contributed by atoms with Crippen LogP contribution >= 0.6 is 0 Å². The predicted molar refractivity (Wildman–Crippen MR) is 112 cm³/mol. The lowest BCUT2D eigenvalue weighted by atomic mass is 9.69. The van der Waals surface area contributed by atoms with Crippen molar-refractivity contribution < 1.29 is 24.2 Å². The number of anilines is 1. The number of carboxylic acid groups (broad SMARTS) is 1. The first-order chi connectivity index (χ1) is 15.3. The Kier molecular flexibility index (Phi) is 4.99. The SMILES string of the molecule is COCCn1c(C)cc2c(c1=O)C1(C(=O)N(CC(=O)O)c3ccccc31)C(C#N)=C(N)O2. The normalized spacial score (nSPS) is 18.9. The maximum absolute atomic E-state index is 13.9. The highest BCUT2D eigenvalue weighted by molar-refractivity contribution is 6.15. The van der Waals surface area contributed by atoms with Gasteiger partial charge in [0.2, 0.25) is 11.8 Å². The summed E-state index contributed by atoms with van der Waals surface area (Å²) in [5.41, 5.74) is 4.41. The average molecular weight is 436 g/mol. The number of nitrogens with two attached hydrogens (primary N) is 1. The van der Waals surface area contributed by atoms with Gasteiger partial charge in [-0.1, -0.05) is 18.2 Å². The van der Waals surface area contributed by atoms with Gasteiger partial charge in [-0.15, -0.1) is 0 Å². The van der Waals surface area contributed by atoms with E-state index in [1.54, 1.807) is 37.3 Å². The van der Waals surface area contributed by atoms with Crippen LogP contribution < -0.4 is 20.9 Å². The number of nitriles is 1. The standard InChI is InChI=1S/C22H20N4O6/c1-12-9-16-18(20(29)25(12)7-8-31-2)22(14(10-23)19(24)32-16)13-5-3-4-6-15(13)26(21(22)30)11-17(27)28/h3-6,9H,7-8,11,24H2,1-2H3,(H,27,28). The number of hydrogen-bond donors (Lipinski definition) is 2.